The zero-order chi connectivity index (χ0) is 13.6. The molecule has 4 nitrogen and oxygen atoms in total. The van der Waals surface area contributed by atoms with Gasteiger partial charge in [0.1, 0.15) is 0 Å². The molecule has 20 heavy (non-hydrogen) atoms. The lowest BCUT2D eigenvalue weighted by molar-refractivity contribution is -0.146. The Morgan fingerprint density at radius 1 is 1.20 bits per heavy atom. The number of carbonyl (C=O) groups excluding carboxylic acids is 1. The van der Waals surface area contributed by atoms with Crippen molar-refractivity contribution in [2.24, 2.45) is 17.8 Å². The van der Waals surface area contributed by atoms with Crippen molar-refractivity contribution in [2.75, 3.05) is 32.8 Å². The van der Waals surface area contributed by atoms with Gasteiger partial charge in [0.25, 0.3) is 0 Å². The monoisotopic (exact) mass is 278 g/mol. The van der Waals surface area contributed by atoms with Gasteiger partial charge in [0, 0.05) is 32.1 Å². The first-order valence-corrected chi connectivity index (χ1v) is 8.39. The van der Waals surface area contributed by atoms with Crippen LogP contribution in [-0.4, -0.2) is 49.2 Å². The topological polar surface area (TPSA) is 41.6 Å². The molecular weight excluding hydrogens is 252 g/mol. The summed E-state index contributed by atoms with van der Waals surface area (Å²) in [5.41, 5.74) is 0.0176. The van der Waals surface area contributed by atoms with Crippen LogP contribution >= 0.6 is 0 Å². The molecule has 2 bridgehead atoms. The summed E-state index contributed by atoms with van der Waals surface area (Å²) < 4.78 is 6.01. The van der Waals surface area contributed by atoms with Crippen LogP contribution in [0.2, 0.25) is 0 Å². The largest absolute Gasteiger partial charge is 0.372 e. The molecule has 112 valence electrons. The Morgan fingerprint density at radius 3 is 2.65 bits per heavy atom. The molecule has 1 amide bonds. The summed E-state index contributed by atoms with van der Waals surface area (Å²) in [7, 11) is 0. The quantitative estimate of drug-likeness (QED) is 0.788. The molecule has 1 spiro atoms. The third kappa shape index (κ3) is 2.17. The van der Waals surface area contributed by atoms with E-state index >= 15 is 0 Å². The highest BCUT2D eigenvalue weighted by Crippen LogP contribution is 2.49. The predicted octanol–water partition coefficient (Wildman–Crippen LogP) is 1.40. The molecule has 3 atom stereocenters. The lowest BCUT2D eigenvalue weighted by Crippen LogP contribution is -2.57. The van der Waals surface area contributed by atoms with Gasteiger partial charge in [0.15, 0.2) is 0 Å². The highest BCUT2D eigenvalue weighted by atomic mass is 16.5. The van der Waals surface area contributed by atoms with E-state index in [0.717, 1.165) is 51.5 Å². The fourth-order valence-corrected chi connectivity index (χ4v) is 4.94. The number of ether oxygens (including phenoxy) is 1. The maximum Gasteiger partial charge on any atom is 0.225 e. The first-order chi connectivity index (χ1) is 9.76. The molecule has 2 saturated heterocycles. The lowest BCUT2D eigenvalue weighted by Gasteiger charge is -2.44. The smallest absolute Gasteiger partial charge is 0.225 e. The van der Waals surface area contributed by atoms with Gasteiger partial charge in [-0.2, -0.15) is 0 Å². The van der Waals surface area contributed by atoms with Gasteiger partial charge in [-0.05, 0) is 43.9 Å². The normalized spacial score (nSPS) is 39.4. The van der Waals surface area contributed by atoms with Crippen molar-refractivity contribution in [2.45, 2.75) is 44.1 Å². The molecule has 0 aromatic carbocycles. The summed E-state index contributed by atoms with van der Waals surface area (Å²) in [4.78, 5) is 14.9. The molecule has 0 radical (unpaired) electrons. The average molecular weight is 278 g/mol. The molecule has 4 aliphatic rings. The second-order valence-corrected chi connectivity index (χ2v) is 7.31. The summed E-state index contributed by atoms with van der Waals surface area (Å²) in [6.07, 6.45) is 7.17. The van der Waals surface area contributed by atoms with Crippen LogP contribution < -0.4 is 5.32 Å². The lowest BCUT2D eigenvalue weighted by atomic mass is 9.85. The van der Waals surface area contributed by atoms with E-state index in [4.69, 9.17) is 4.74 Å². The summed E-state index contributed by atoms with van der Waals surface area (Å²) in [5, 5.41) is 3.44. The number of rotatable bonds is 1. The minimum atomic E-state index is 0.0176. The van der Waals surface area contributed by atoms with Crippen molar-refractivity contribution >= 4 is 5.91 Å². The molecule has 2 aliphatic heterocycles. The van der Waals surface area contributed by atoms with Crippen molar-refractivity contribution in [1.82, 2.24) is 10.2 Å². The van der Waals surface area contributed by atoms with Gasteiger partial charge in [0.2, 0.25) is 5.91 Å². The third-order valence-corrected chi connectivity index (χ3v) is 6.18. The van der Waals surface area contributed by atoms with Gasteiger partial charge >= 0.3 is 0 Å². The van der Waals surface area contributed by atoms with E-state index in [9.17, 15) is 4.79 Å². The number of hydrogen-bond donors (Lipinski definition) is 1. The van der Waals surface area contributed by atoms with E-state index in [-0.39, 0.29) is 5.60 Å². The number of nitrogens with one attached hydrogen (secondary N) is 1. The highest BCUT2D eigenvalue weighted by molar-refractivity contribution is 5.79. The van der Waals surface area contributed by atoms with Crippen LogP contribution in [0.4, 0.5) is 0 Å². The van der Waals surface area contributed by atoms with E-state index < -0.39 is 0 Å². The van der Waals surface area contributed by atoms with Gasteiger partial charge in [-0.1, -0.05) is 6.42 Å². The molecule has 4 heteroatoms. The third-order valence-electron chi connectivity index (χ3n) is 6.18. The van der Waals surface area contributed by atoms with E-state index in [0.29, 0.717) is 17.7 Å². The molecule has 2 saturated carbocycles. The van der Waals surface area contributed by atoms with E-state index in [2.05, 4.69) is 10.2 Å². The minimum Gasteiger partial charge on any atom is -0.372 e. The molecule has 1 N–H and O–H groups in total. The summed E-state index contributed by atoms with van der Waals surface area (Å²) in [6.45, 7) is 4.54. The molecule has 0 aromatic rings. The fourth-order valence-electron chi connectivity index (χ4n) is 4.94. The Labute approximate surface area is 121 Å². The number of amides is 1. The van der Waals surface area contributed by atoms with Crippen LogP contribution in [-0.2, 0) is 9.53 Å². The van der Waals surface area contributed by atoms with E-state index in [1.165, 1.54) is 25.7 Å². The van der Waals surface area contributed by atoms with Gasteiger partial charge in [-0.15, -0.1) is 0 Å². The molecule has 2 heterocycles. The van der Waals surface area contributed by atoms with Crippen LogP contribution in [0.25, 0.3) is 0 Å². The number of carbonyl (C=O) groups is 1. The summed E-state index contributed by atoms with van der Waals surface area (Å²) in [5.74, 6) is 2.37. The Hall–Kier alpha value is -0.610. The number of morpholine rings is 1. The Morgan fingerprint density at radius 2 is 2.05 bits per heavy atom. The first kappa shape index (κ1) is 13.1. The van der Waals surface area contributed by atoms with E-state index in [1.807, 2.05) is 0 Å². The predicted molar refractivity (Wildman–Crippen MR) is 76.3 cm³/mol. The highest BCUT2D eigenvalue weighted by Gasteiger charge is 2.46. The number of nitrogens with zero attached hydrogens (tertiary/aromatic N) is 1. The van der Waals surface area contributed by atoms with Crippen molar-refractivity contribution in [3.8, 4) is 0 Å². The number of fused-ring (bicyclic) bond motifs is 2. The van der Waals surface area contributed by atoms with Crippen molar-refractivity contribution in [3.63, 3.8) is 0 Å². The SMILES string of the molecule is O=C(C1C[C@@H]2CC[C@H]1C2)N1CCC2(CC1)CNCCO2. The fraction of sp³-hybridized carbons (Fsp3) is 0.938. The van der Waals surface area contributed by atoms with E-state index in [1.54, 1.807) is 0 Å². The Bertz CT molecular complexity index is 382. The summed E-state index contributed by atoms with van der Waals surface area (Å²) in [6, 6.07) is 0. The van der Waals surface area contributed by atoms with Gasteiger partial charge in [-0.3, -0.25) is 4.79 Å². The maximum absolute atomic E-state index is 12.7. The second-order valence-electron chi connectivity index (χ2n) is 7.31. The Balaban J connectivity index is 1.36. The van der Waals surface area contributed by atoms with Gasteiger partial charge in [-0.25, -0.2) is 0 Å². The molecule has 4 fully saturated rings. The average Bonchev–Trinajstić information content (AvgIpc) is 3.11. The molecule has 4 rings (SSSR count). The van der Waals surface area contributed by atoms with Crippen LogP contribution in [0.5, 0.6) is 0 Å². The number of likely N-dealkylation sites (tertiary alicyclic amines) is 1. The number of hydrogen-bond acceptors (Lipinski definition) is 3. The van der Waals surface area contributed by atoms with Crippen LogP contribution in [0.1, 0.15) is 38.5 Å². The standard InChI is InChI=1S/C16H26N2O2/c19-15(14-10-12-1-2-13(14)9-12)18-6-3-16(4-7-18)11-17-5-8-20-16/h12-14,17H,1-11H2/t12-,13+,14?/m1/s1. The molecular formula is C16H26N2O2. The Kier molecular flexibility index (Phi) is 3.26. The minimum absolute atomic E-state index is 0.0176. The van der Waals surface area contributed by atoms with Gasteiger partial charge in [0.05, 0.1) is 12.2 Å². The van der Waals surface area contributed by atoms with Crippen LogP contribution in [0.15, 0.2) is 0 Å². The molecule has 1 unspecified atom stereocenters. The van der Waals surface area contributed by atoms with Crippen LogP contribution in [0.3, 0.4) is 0 Å². The maximum atomic E-state index is 12.7. The van der Waals surface area contributed by atoms with Crippen molar-refractivity contribution < 1.29 is 9.53 Å². The number of piperidine rings is 1. The van der Waals surface area contributed by atoms with Gasteiger partial charge < -0.3 is 15.0 Å². The first-order valence-electron chi connectivity index (χ1n) is 8.39. The van der Waals surface area contributed by atoms with Crippen molar-refractivity contribution in [3.05, 3.63) is 0 Å². The second kappa shape index (κ2) is 4.99. The zero-order valence-corrected chi connectivity index (χ0v) is 12.3. The van der Waals surface area contributed by atoms with Crippen LogP contribution in [0, 0.1) is 17.8 Å². The van der Waals surface area contributed by atoms with Crippen molar-refractivity contribution in [1.29, 1.82) is 0 Å². The molecule has 0 aromatic heterocycles. The molecule has 2 aliphatic carbocycles. The summed E-state index contributed by atoms with van der Waals surface area (Å²) >= 11 is 0. The zero-order valence-electron chi connectivity index (χ0n) is 12.3.